The summed E-state index contributed by atoms with van der Waals surface area (Å²) in [6.07, 6.45) is 0. The van der Waals surface area contributed by atoms with Crippen LogP contribution in [0.5, 0.6) is 0 Å². The third kappa shape index (κ3) is 1.54. The van der Waals surface area contributed by atoms with Crippen LogP contribution in [-0.4, -0.2) is 10.2 Å². The molecule has 1 aromatic carbocycles. The summed E-state index contributed by atoms with van der Waals surface area (Å²) in [5, 5.41) is 2.84. The van der Waals surface area contributed by atoms with E-state index in [1.54, 1.807) is 0 Å². The summed E-state index contributed by atoms with van der Waals surface area (Å²) in [6, 6.07) is 9.88. The van der Waals surface area contributed by atoms with Crippen molar-refractivity contribution in [3.8, 4) is 0 Å². The van der Waals surface area contributed by atoms with E-state index in [-0.39, 0.29) is 5.24 Å². The van der Waals surface area contributed by atoms with Crippen molar-refractivity contribution in [3.63, 3.8) is 0 Å². The van der Waals surface area contributed by atoms with E-state index in [0.717, 1.165) is 20.9 Å². The van der Waals surface area contributed by atoms with Gasteiger partial charge in [-0.25, -0.2) is 0 Å². The Bertz CT molecular complexity index is 334. The molecule has 0 unspecified atom stereocenters. The van der Waals surface area contributed by atoms with E-state index in [4.69, 9.17) is 0 Å². The van der Waals surface area contributed by atoms with Crippen LogP contribution in [0.1, 0.15) is 5.56 Å². The smallest absolute Gasteiger partial charge is 0.293 e. The number of carbonyl (C=O) groups excluding carboxylic acids is 1. The highest BCUT2D eigenvalue weighted by atomic mass is 33.1. The molecule has 0 fully saturated rings. The highest BCUT2D eigenvalue weighted by molar-refractivity contribution is 8.81. The second-order valence-electron chi connectivity index (χ2n) is 2.31. The summed E-state index contributed by atoms with van der Waals surface area (Å²) in [5.41, 5.74) is 1.09. The zero-order valence-corrected chi connectivity index (χ0v) is 7.86. The summed E-state index contributed by atoms with van der Waals surface area (Å²) in [7, 11) is 2.29. The van der Waals surface area contributed by atoms with Gasteiger partial charge in [0, 0.05) is 5.56 Å². The quantitative estimate of drug-likeness (QED) is 0.409. The van der Waals surface area contributed by atoms with E-state index in [9.17, 15) is 4.79 Å². The van der Waals surface area contributed by atoms with Crippen LogP contribution in [0.4, 0.5) is 4.79 Å². The minimum Gasteiger partial charge on any atom is -0.310 e. The number of amides is 1. The first-order chi connectivity index (χ1) is 5.86. The Labute approximate surface area is 77.7 Å². The number of thiol groups is 1. The van der Waals surface area contributed by atoms with Crippen molar-refractivity contribution in [3.05, 3.63) is 35.9 Å². The molecule has 0 aromatic heterocycles. The third-order valence-corrected chi connectivity index (χ3v) is 3.72. The number of benzene rings is 1. The number of hydrogen-bond donors (Lipinski definition) is 2. The molecule has 1 aliphatic heterocycles. The number of rotatable bonds is 1. The average Bonchev–Trinajstić information content (AvgIpc) is 2.54. The molecule has 1 heterocycles. The first-order valence-electron chi connectivity index (χ1n) is 3.48. The lowest BCUT2D eigenvalue weighted by molar-refractivity contribution is 0.265. The molecule has 2 nitrogen and oxygen atoms in total. The molecule has 1 N–H and O–H groups in total. The molecule has 0 atom stereocenters. The predicted molar refractivity (Wildman–Crippen MR) is 55.7 cm³/mol. The monoisotopic (exact) mass is 197 g/mol. The van der Waals surface area contributed by atoms with Crippen LogP contribution in [-0.2, 0) is 0 Å². The minimum absolute atomic E-state index is 0.0375. The summed E-state index contributed by atoms with van der Waals surface area (Å²) in [4.78, 5) is 11.8. The van der Waals surface area contributed by atoms with Gasteiger partial charge in [-0.05, 0) is 10.8 Å². The minimum atomic E-state index is 0.0375. The van der Waals surface area contributed by atoms with Crippen LogP contribution in [0, 0.1) is 0 Å². The molecule has 0 bridgehead atoms. The Morgan fingerprint density at radius 3 is 2.58 bits per heavy atom. The van der Waals surface area contributed by atoms with Crippen molar-refractivity contribution in [2.45, 2.75) is 0 Å². The molecule has 1 amide bonds. The molecule has 0 spiro atoms. The van der Waals surface area contributed by atoms with Gasteiger partial charge in [0.1, 0.15) is 0 Å². The van der Waals surface area contributed by atoms with Crippen molar-refractivity contribution < 1.29 is 4.79 Å². The van der Waals surface area contributed by atoms with Crippen LogP contribution in [0.15, 0.2) is 30.3 Å². The molecule has 0 radical (unpaired) electrons. The van der Waals surface area contributed by atoms with Gasteiger partial charge in [0.05, 0.1) is 4.99 Å². The van der Waals surface area contributed by atoms with E-state index in [1.165, 1.54) is 10.8 Å². The molecular formula is C8H7NOS2. The molecule has 0 aliphatic carbocycles. The van der Waals surface area contributed by atoms with Gasteiger partial charge in [0.15, 0.2) is 0 Å². The van der Waals surface area contributed by atoms with E-state index in [1.807, 2.05) is 30.3 Å². The second-order valence-corrected chi connectivity index (χ2v) is 4.59. The number of hydrogen-bond acceptors (Lipinski definition) is 2. The first-order valence-corrected chi connectivity index (χ1v) is 5.79. The molecule has 12 heavy (non-hydrogen) atoms. The fourth-order valence-corrected chi connectivity index (χ4v) is 2.86. The maximum atomic E-state index is 10.9. The first kappa shape index (κ1) is 7.89. The van der Waals surface area contributed by atoms with Gasteiger partial charge in [0.2, 0.25) is 0 Å². The topological polar surface area (TPSA) is 29.1 Å². The van der Waals surface area contributed by atoms with E-state index >= 15 is 0 Å². The van der Waals surface area contributed by atoms with Crippen molar-refractivity contribution in [2.75, 3.05) is 0 Å². The molecular weight excluding hydrogens is 190 g/mol. The van der Waals surface area contributed by atoms with Gasteiger partial charge in [-0.15, -0.1) is 10.4 Å². The standard InChI is InChI=1S/C8H7NOS2/c10-8-9-7(11-12-8)6-4-2-1-3-5-6/h1-5,11H,(H,9,10). The summed E-state index contributed by atoms with van der Waals surface area (Å²) in [6.45, 7) is 0. The summed E-state index contributed by atoms with van der Waals surface area (Å²) >= 11 is 0. The number of carbonyl (C=O) groups is 1. The van der Waals surface area contributed by atoms with Crippen molar-refractivity contribution in [1.82, 2.24) is 5.32 Å². The number of nitrogens with one attached hydrogen (secondary N) is 1. The SMILES string of the molecule is O=C1NC(c2ccccc2)=[SH]S1. The zero-order valence-electron chi connectivity index (χ0n) is 6.15. The lowest BCUT2D eigenvalue weighted by Crippen LogP contribution is -2.21. The van der Waals surface area contributed by atoms with Gasteiger partial charge in [-0.2, -0.15) is 0 Å². The highest BCUT2D eigenvalue weighted by Gasteiger charge is 2.12. The maximum Gasteiger partial charge on any atom is 0.293 e. The second kappa shape index (κ2) is 3.33. The van der Waals surface area contributed by atoms with Crippen molar-refractivity contribution in [2.24, 2.45) is 0 Å². The third-order valence-electron chi connectivity index (χ3n) is 1.49. The van der Waals surface area contributed by atoms with Crippen LogP contribution in [0.25, 0.3) is 0 Å². The fourth-order valence-electron chi connectivity index (χ4n) is 0.950. The molecule has 0 saturated heterocycles. The largest absolute Gasteiger partial charge is 0.310 e. The van der Waals surface area contributed by atoms with Gasteiger partial charge >= 0.3 is 0 Å². The summed E-state index contributed by atoms with van der Waals surface area (Å²) in [5.74, 6) is 0. The predicted octanol–water partition coefficient (Wildman–Crippen LogP) is 2.00. The van der Waals surface area contributed by atoms with Crippen molar-refractivity contribution in [1.29, 1.82) is 0 Å². The lowest BCUT2D eigenvalue weighted by Gasteiger charge is -1.99. The van der Waals surface area contributed by atoms with Crippen LogP contribution in [0.2, 0.25) is 0 Å². The zero-order chi connectivity index (χ0) is 8.39. The Balaban J connectivity index is 2.28. The highest BCUT2D eigenvalue weighted by Crippen LogP contribution is 2.23. The van der Waals surface area contributed by atoms with Gasteiger partial charge < -0.3 is 5.32 Å². The van der Waals surface area contributed by atoms with E-state index < -0.39 is 0 Å². The van der Waals surface area contributed by atoms with Crippen LogP contribution in [0.3, 0.4) is 0 Å². The fraction of sp³-hybridized carbons (Fsp3) is 0. The van der Waals surface area contributed by atoms with E-state index in [2.05, 4.69) is 5.32 Å². The maximum absolute atomic E-state index is 10.9. The molecule has 1 aliphatic rings. The Morgan fingerprint density at radius 2 is 2.00 bits per heavy atom. The lowest BCUT2D eigenvalue weighted by atomic mass is 10.2. The normalized spacial score (nSPS) is 16.3. The van der Waals surface area contributed by atoms with Crippen molar-refractivity contribution >= 4 is 31.4 Å². The summed E-state index contributed by atoms with van der Waals surface area (Å²) < 4.78 is 0. The van der Waals surface area contributed by atoms with Gasteiger partial charge in [-0.1, -0.05) is 30.3 Å². The van der Waals surface area contributed by atoms with Crippen LogP contribution < -0.4 is 5.32 Å². The molecule has 4 heteroatoms. The average molecular weight is 197 g/mol. The van der Waals surface area contributed by atoms with Gasteiger partial charge in [-0.3, -0.25) is 4.79 Å². The van der Waals surface area contributed by atoms with Crippen LogP contribution >= 0.6 is 21.2 Å². The molecule has 1 aromatic rings. The molecule has 2 rings (SSSR count). The van der Waals surface area contributed by atoms with Gasteiger partial charge in [0.25, 0.3) is 5.24 Å². The molecule has 62 valence electrons. The van der Waals surface area contributed by atoms with E-state index in [0.29, 0.717) is 0 Å². The Kier molecular flexibility index (Phi) is 2.19. The Hall–Kier alpha value is -0.740. The Morgan fingerprint density at radius 1 is 1.25 bits per heavy atom. The molecule has 0 saturated carbocycles.